The summed E-state index contributed by atoms with van der Waals surface area (Å²) in [4.78, 5) is 21.8. The monoisotopic (exact) mass is 198 g/mol. The Labute approximate surface area is 82.6 Å². The molecular formula is C10H14O4. The first-order valence-corrected chi connectivity index (χ1v) is 4.51. The van der Waals surface area contributed by atoms with Gasteiger partial charge in [0.15, 0.2) is 0 Å². The Hall–Kier alpha value is -1.32. The Morgan fingerprint density at radius 1 is 1.64 bits per heavy atom. The highest BCUT2D eigenvalue weighted by Crippen LogP contribution is 2.34. The average Bonchev–Trinajstić information content (AvgIpc) is 2.32. The van der Waals surface area contributed by atoms with Gasteiger partial charge in [0.25, 0.3) is 0 Å². The van der Waals surface area contributed by atoms with E-state index in [-0.39, 0.29) is 17.6 Å². The van der Waals surface area contributed by atoms with Crippen molar-refractivity contribution in [1.29, 1.82) is 0 Å². The lowest BCUT2D eigenvalue weighted by Gasteiger charge is -2.20. The fourth-order valence-electron chi connectivity index (χ4n) is 1.81. The SMILES string of the molecule is C=C(C)[C@H]1CC(=O)[C@H](C)[C@H]1OC(=O)O. The van der Waals surface area contributed by atoms with Gasteiger partial charge in [-0.3, -0.25) is 4.79 Å². The van der Waals surface area contributed by atoms with Crippen molar-refractivity contribution in [3.05, 3.63) is 12.2 Å². The molecule has 1 N–H and O–H groups in total. The fourth-order valence-corrected chi connectivity index (χ4v) is 1.81. The topological polar surface area (TPSA) is 63.6 Å². The predicted molar refractivity (Wildman–Crippen MR) is 50.0 cm³/mol. The zero-order chi connectivity index (χ0) is 10.9. The molecule has 1 saturated carbocycles. The van der Waals surface area contributed by atoms with Crippen LogP contribution in [0.15, 0.2) is 12.2 Å². The van der Waals surface area contributed by atoms with Crippen molar-refractivity contribution in [2.45, 2.75) is 26.4 Å². The van der Waals surface area contributed by atoms with Gasteiger partial charge in [0.05, 0.1) is 5.92 Å². The zero-order valence-corrected chi connectivity index (χ0v) is 8.32. The van der Waals surface area contributed by atoms with Crippen LogP contribution in [-0.4, -0.2) is 23.1 Å². The third kappa shape index (κ3) is 1.95. The van der Waals surface area contributed by atoms with Crippen molar-refractivity contribution in [3.63, 3.8) is 0 Å². The number of carbonyl (C=O) groups excluding carboxylic acids is 1. The van der Waals surface area contributed by atoms with Gasteiger partial charge < -0.3 is 9.84 Å². The second-order valence-corrected chi connectivity index (χ2v) is 3.76. The first kappa shape index (κ1) is 10.8. The van der Waals surface area contributed by atoms with E-state index in [1.165, 1.54) is 0 Å². The number of hydrogen-bond acceptors (Lipinski definition) is 3. The molecule has 0 saturated heterocycles. The van der Waals surface area contributed by atoms with Gasteiger partial charge in [-0.1, -0.05) is 19.1 Å². The number of ether oxygens (including phenoxy) is 1. The number of ketones is 1. The minimum absolute atomic E-state index is 0.0456. The van der Waals surface area contributed by atoms with Crippen LogP contribution in [0.1, 0.15) is 20.3 Å². The van der Waals surface area contributed by atoms with E-state index >= 15 is 0 Å². The smallest absolute Gasteiger partial charge is 0.450 e. The maximum absolute atomic E-state index is 11.4. The van der Waals surface area contributed by atoms with Crippen LogP contribution < -0.4 is 0 Å². The summed E-state index contributed by atoms with van der Waals surface area (Å²) in [7, 11) is 0. The Balaban J connectivity index is 2.81. The molecule has 1 rings (SSSR count). The Morgan fingerprint density at radius 3 is 2.64 bits per heavy atom. The zero-order valence-electron chi connectivity index (χ0n) is 8.32. The van der Waals surface area contributed by atoms with E-state index in [4.69, 9.17) is 9.84 Å². The van der Waals surface area contributed by atoms with Crippen molar-refractivity contribution >= 4 is 11.9 Å². The maximum atomic E-state index is 11.4. The summed E-state index contributed by atoms with van der Waals surface area (Å²) in [6.45, 7) is 7.22. The summed E-state index contributed by atoms with van der Waals surface area (Å²) in [5.74, 6) is -0.467. The van der Waals surface area contributed by atoms with Crippen molar-refractivity contribution in [2.24, 2.45) is 11.8 Å². The summed E-state index contributed by atoms with van der Waals surface area (Å²) in [6, 6.07) is 0. The van der Waals surface area contributed by atoms with Gasteiger partial charge in [0, 0.05) is 12.3 Å². The van der Waals surface area contributed by atoms with Crippen LogP contribution in [0.4, 0.5) is 4.79 Å². The first-order chi connectivity index (χ1) is 6.43. The van der Waals surface area contributed by atoms with E-state index < -0.39 is 12.3 Å². The number of Topliss-reactive ketones (excluding diaryl/α,β-unsaturated/α-hetero) is 1. The lowest BCUT2D eigenvalue weighted by Crippen LogP contribution is -2.27. The molecule has 0 aromatic rings. The van der Waals surface area contributed by atoms with Crippen LogP contribution in [0, 0.1) is 11.8 Å². The highest BCUT2D eigenvalue weighted by molar-refractivity contribution is 5.85. The molecule has 0 heterocycles. The first-order valence-electron chi connectivity index (χ1n) is 4.51. The van der Waals surface area contributed by atoms with Gasteiger partial charge in [-0.05, 0) is 6.92 Å². The molecule has 0 aromatic carbocycles. The minimum Gasteiger partial charge on any atom is -0.450 e. The molecule has 0 unspecified atom stereocenters. The molecule has 1 fully saturated rings. The lowest BCUT2D eigenvalue weighted by molar-refractivity contribution is -0.121. The van der Waals surface area contributed by atoms with Crippen LogP contribution in [0.5, 0.6) is 0 Å². The quantitative estimate of drug-likeness (QED) is 0.543. The summed E-state index contributed by atoms with van der Waals surface area (Å²) in [5, 5.41) is 8.51. The summed E-state index contributed by atoms with van der Waals surface area (Å²) in [6.07, 6.45) is -1.55. The summed E-state index contributed by atoms with van der Waals surface area (Å²) in [5.41, 5.74) is 0.800. The fraction of sp³-hybridized carbons (Fsp3) is 0.600. The molecule has 4 heteroatoms. The minimum atomic E-state index is -1.33. The Bertz CT molecular complexity index is 282. The van der Waals surface area contributed by atoms with Crippen LogP contribution in [0.3, 0.4) is 0 Å². The highest BCUT2D eigenvalue weighted by Gasteiger charge is 2.42. The second-order valence-electron chi connectivity index (χ2n) is 3.76. The van der Waals surface area contributed by atoms with Crippen molar-refractivity contribution in [2.75, 3.05) is 0 Å². The van der Waals surface area contributed by atoms with Crippen molar-refractivity contribution in [1.82, 2.24) is 0 Å². The van der Waals surface area contributed by atoms with E-state index in [2.05, 4.69) is 6.58 Å². The van der Waals surface area contributed by atoms with Gasteiger partial charge in [0.2, 0.25) is 0 Å². The van der Waals surface area contributed by atoms with E-state index in [1.54, 1.807) is 13.8 Å². The molecule has 3 atom stereocenters. The number of carbonyl (C=O) groups is 2. The summed E-state index contributed by atoms with van der Waals surface area (Å²) >= 11 is 0. The lowest BCUT2D eigenvalue weighted by atomic mass is 9.96. The van der Waals surface area contributed by atoms with Crippen molar-refractivity contribution < 1.29 is 19.4 Å². The van der Waals surface area contributed by atoms with E-state index in [0.29, 0.717) is 6.42 Å². The Morgan fingerprint density at radius 2 is 2.21 bits per heavy atom. The van der Waals surface area contributed by atoms with Crippen LogP contribution in [0.25, 0.3) is 0 Å². The summed E-state index contributed by atoms with van der Waals surface area (Å²) < 4.78 is 4.70. The van der Waals surface area contributed by atoms with E-state index in [0.717, 1.165) is 5.57 Å². The van der Waals surface area contributed by atoms with Gasteiger partial charge in [0.1, 0.15) is 11.9 Å². The molecule has 1 aliphatic carbocycles. The maximum Gasteiger partial charge on any atom is 0.506 e. The molecule has 0 aromatic heterocycles. The number of carboxylic acid groups (broad SMARTS) is 1. The molecule has 0 radical (unpaired) electrons. The standard InChI is InChI=1S/C10H14O4/c1-5(2)7-4-8(11)6(3)9(7)14-10(12)13/h6-7,9H,1,4H2,2-3H3,(H,12,13)/t6-,7+,9+/m0/s1. The molecular weight excluding hydrogens is 184 g/mol. The van der Waals surface area contributed by atoms with Crippen LogP contribution in [0.2, 0.25) is 0 Å². The van der Waals surface area contributed by atoms with Gasteiger partial charge in [-0.25, -0.2) is 4.79 Å². The number of rotatable bonds is 2. The molecule has 4 nitrogen and oxygen atoms in total. The molecule has 0 spiro atoms. The highest BCUT2D eigenvalue weighted by atomic mass is 16.7. The molecule has 14 heavy (non-hydrogen) atoms. The normalized spacial score (nSPS) is 31.6. The largest absolute Gasteiger partial charge is 0.506 e. The number of hydrogen-bond donors (Lipinski definition) is 1. The van der Waals surface area contributed by atoms with Gasteiger partial charge in [-0.15, -0.1) is 0 Å². The molecule has 0 aliphatic heterocycles. The van der Waals surface area contributed by atoms with Crippen molar-refractivity contribution in [3.8, 4) is 0 Å². The van der Waals surface area contributed by atoms with Crippen LogP contribution in [-0.2, 0) is 9.53 Å². The van der Waals surface area contributed by atoms with E-state index in [9.17, 15) is 9.59 Å². The second kappa shape index (κ2) is 3.82. The average molecular weight is 198 g/mol. The Kier molecular flexibility index (Phi) is 2.93. The van der Waals surface area contributed by atoms with E-state index in [1.807, 2.05) is 0 Å². The molecule has 0 bridgehead atoms. The van der Waals surface area contributed by atoms with Gasteiger partial charge >= 0.3 is 6.16 Å². The predicted octanol–water partition coefficient (Wildman–Crippen LogP) is 1.85. The van der Waals surface area contributed by atoms with Crippen LogP contribution >= 0.6 is 0 Å². The molecule has 0 amide bonds. The van der Waals surface area contributed by atoms with Gasteiger partial charge in [-0.2, -0.15) is 0 Å². The molecule has 78 valence electrons. The third-order valence-corrected chi connectivity index (χ3v) is 2.69. The molecule has 1 aliphatic rings. The third-order valence-electron chi connectivity index (χ3n) is 2.69.